The van der Waals surface area contributed by atoms with E-state index in [0.717, 1.165) is 30.2 Å². The lowest BCUT2D eigenvalue weighted by Gasteiger charge is -2.19. The number of nitrogens with zero attached hydrogens (tertiary/aromatic N) is 4. The molecule has 2 heterocycles. The average Bonchev–Trinajstić information content (AvgIpc) is 2.67. The normalized spacial score (nSPS) is 10.3. The summed E-state index contributed by atoms with van der Waals surface area (Å²) in [5.41, 5.74) is 2.09. The zero-order chi connectivity index (χ0) is 17.5. The number of methoxy groups -OCH3 is 1. The molecule has 3 aromatic rings. The summed E-state index contributed by atoms with van der Waals surface area (Å²) < 4.78 is 5.35. The zero-order valence-electron chi connectivity index (χ0n) is 14.4. The van der Waals surface area contributed by atoms with Crippen molar-refractivity contribution in [2.24, 2.45) is 0 Å². The molecule has 6 heteroatoms. The first-order valence-corrected chi connectivity index (χ1v) is 8.09. The molecule has 0 radical (unpaired) electrons. The van der Waals surface area contributed by atoms with Gasteiger partial charge in [-0.1, -0.05) is 12.1 Å². The Morgan fingerprint density at radius 1 is 1.04 bits per heavy atom. The Morgan fingerprint density at radius 3 is 2.64 bits per heavy atom. The molecule has 128 valence electrons. The molecule has 0 aliphatic heterocycles. The SMILES string of the molecule is COc1ccccc1Nc1nccc(N(C)CCc2ccncc2)n1. The minimum Gasteiger partial charge on any atom is -0.495 e. The maximum atomic E-state index is 5.35. The molecule has 0 fully saturated rings. The Hall–Kier alpha value is -3.15. The highest BCUT2D eigenvalue weighted by Crippen LogP contribution is 2.26. The van der Waals surface area contributed by atoms with Crippen molar-refractivity contribution in [3.8, 4) is 5.75 Å². The van der Waals surface area contributed by atoms with Crippen molar-refractivity contribution in [2.75, 3.05) is 30.9 Å². The number of aromatic nitrogens is 3. The van der Waals surface area contributed by atoms with Crippen LogP contribution < -0.4 is 15.0 Å². The van der Waals surface area contributed by atoms with Crippen molar-refractivity contribution in [1.82, 2.24) is 15.0 Å². The minimum atomic E-state index is 0.540. The second-order valence-corrected chi connectivity index (χ2v) is 5.59. The van der Waals surface area contributed by atoms with Crippen LogP contribution in [0.4, 0.5) is 17.5 Å². The van der Waals surface area contributed by atoms with E-state index in [1.807, 2.05) is 61.9 Å². The van der Waals surface area contributed by atoms with E-state index in [0.29, 0.717) is 5.95 Å². The summed E-state index contributed by atoms with van der Waals surface area (Å²) in [7, 11) is 3.67. The van der Waals surface area contributed by atoms with Crippen LogP contribution in [0.3, 0.4) is 0 Å². The molecule has 3 rings (SSSR count). The van der Waals surface area contributed by atoms with Crippen molar-refractivity contribution in [1.29, 1.82) is 0 Å². The van der Waals surface area contributed by atoms with Crippen molar-refractivity contribution < 1.29 is 4.74 Å². The highest BCUT2D eigenvalue weighted by molar-refractivity contribution is 5.63. The van der Waals surface area contributed by atoms with E-state index in [4.69, 9.17) is 4.74 Å². The van der Waals surface area contributed by atoms with Crippen molar-refractivity contribution in [3.05, 3.63) is 66.6 Å². The molecule has 0 amide bonds. The van der Waals surface area contributed by atoms with Crippen LogP contribution in [-0.4, -0.2) is 35.7 Å². The quantitative estimate of drug-likeness (QED) is 0.715. The van der Waals surface area contributed by atoms with E-state index in [1.54, 1.807) is 13.3 Å². The summed E-state index contributed by atoms with van der Waals surface area (Å²) in [6.07, 6.45) is 6.31. The zero-order valence-corrected chi connectivity index (χ0v) is 14.4. The molecule has 2 aromatic heterocycles. The van der Waals surface area contributed by atoms with Crippen molar-refractivity contribution in [2.45, 2.75) is 6.42 Å². The predicted molar refractivity (Wildman–Crippen MR) is 99.5 cm³/mol. The van der Waals surface area contributed by atoms with Crippen LogP contribution in [-0.2, 0) is 6.42 Å². The molecule has 0 unspecified atom stereocenters. The first-order chi connectivity index (χ1) is 12.3. The number of rotatable bonds is 7. The van der Waals surface area contributed by atoms with Gasteiger partial charge in [0.05, 0.1) is 12.8 Å². The number of hydrogen-bond acceptors (Lipinski definition) is 6. The highest BCUT2D eigenvalue weighted by atomic mass is 16.5. The Bertz CT molecular complexity index is 810. The van der Waals surface area contributed by atoms with Crippen LogP contribution in [0, 0.1) is 0 Å². The minimum absolute atomic E-state index is 0.540. The largest absolute Gasteiger partial charge is 0.495 e. The number of ether oxygens (including phenoxy) is 1. The third-order valence-electron chi connectivity index (χ3n) is 3.87. The Labute approximate surface area is 147 Å². The van der Waals surface area contributed by atoms with Gasteiger partial charge in [0, 0.05) is 32.2 Å². The summed E-state index contributed by atoms with van der Waals surface area (Å²) in [5, 5.41) is 3.21. The smallest absolute Gasteiger partial charge is 0.229 e. The fourth-order valence-electron chi connectivity index (χ4n) is 2.45. The van der Waals surface area contributed by atoms with E-state index in [9.17, 15) is 0 Å². The van der Waals surface area contributed by atoms with Crippen molar-refractivity contribution >= 4 is 17.5 Å². The predicted octanol–water partition coefficient (Wildman–Crippen LogP) is 3.30. The summed E-state index contributed by atoms with van der Waals surface area (Å²) in [6.45, 7) is 0.856. The van der Waals surface area contributed by atoms with Crippen LogP contribution in [0.15, 0.2) is 61.1 Å². The number of nitrogens with one attached hydrogen (secondary N) is 1. The van der Waals surface area contributed by atoms with Gasteiger partial charge in [0.15, 0.2) is 0 Å². The van der Waals surface area contributed by atoms with Gasteiger partial charge in [0.1, 0.15) is 11.6 Å². The monoisotopic (exact) mass is 335 g/mol. The van der Waals surface area contributed by atoms with E-state index in [-0.39, 0.29) is 0 Å². The molecule has 1 aromatic carbocycles. The maximum absolute atomic E-state index is 5.35. The summed E-state index contributed by atoms with van der Waals surface area (Å²) in [5.74, 6) is 2.15. The average molecular weight is 335 g/mol. The van der Waals surface area contributed by atoms with E-state index in [2.05, 4.69) is 25.2 Å². The van der Waals surface area contributed by atoms with Gasteiger partial charge in [-0.2, -0.15) is 4.98 Å². The standard InChI is InChI=1S/C19H21N5O/c1-24(14-10-15-7-11-20-12-8-15)18-9-13-21-19(23-18)22-16-5-3-4-6-17(16)25-2/h3-9,11-13H,10,14H2,1-2H3,(H,21,22,23). The fraction of sp³-hybridized carbons (Fsp3) is 0.211. The second kappa shape index (κ2) is 8.10. The van der Waals surface area contributed by atoms with Gasteiger partial charge in [-0.05, 0) is 42.3 Å². The molecule has 0 aliphatic rings. The fourth-order valence-corrected chi connectivity index (χ4v) is 2.45. The lowest BCUT2D eigenvalue weighted by Crippen LogP contribution is -2.21. The van der Waals surface area contributed by atoms with Gasteiger partial charge in [0.25, 0.3) is 0 Å². The van der Waals surface area contributed by atoms with Crippen LogP contribution in [0.1, 0.15) is 5.56 Å². The lowest BCUT2D eigenvalue weighted by atomic mass is 10.2. The van der Waals surface area contributed by atoms with E-state index in [1.165, 1.54) is 5.56 Å². The molecular weight excluding hydrogens is 314 g/mol. The number of pyridine rings is 1. The Kier molecular flexibility index (Phi) is 5.41. The summed E-state index contributed by atoms with van der Waals surface area (Å²) in [4.78, 5) is 15.0. The molecule has 25 heavy (non-hydrogen) atoms. The molecule has 0 saturated carbocycles. The van der Waals surface area contributed by atoms with Gasteiger partial charge in [0.2, 0.25) is 5.95 Å². The topological polar surface area (TPSA) is 63.2 Å². The Balaban J connectivity index is 1.68. The van der Waals surface area contributed by atoms with Gasteiger partial charge in [-0.3, -0.25) is 4.98 Å². The van der Waals surface area contributed by atoms with Gasteiger partial charge in [-0.25, -0.2) is 4.98 Å². The van der Waals surface area contributed by atoms with Crippen LogP contribution >= 0.6 is 0 Å². The molecule has 1 N–H and O–H groups in total. The molecule has 0 saturated heterocycles. The van der Waals surface area contributed by atoms with Crippen molar-refractivity contribution in [3.63, 3.8) is 0 Å². The lowest BCUT2D eigenvalue weighted by molar-refractivity contribution is 0.417. The van der Waals surface area contributed by atoms with Gasteiger partial charge >= 0.3 is 0 Å². The summed E-state index contributed by atoms with van der Waals surface area (Å²) >= 11 is 0. The number of anilines is 3. The van der Waals surface area contributed by atoms with Crippen LogP contribution in [0.2, 0.25) is 0 Å². The second-order valence-electron chi connectivity index (χ2n) is 5.59. The molecule has 0 atom stereocenters. The molecule has 0 bridgehead atoms. The van der Waals surface area contributed by atoms with Crippen LogP contribution in [0.25, 0.3) is 0 Å². The molecule has 0 aliphatic carbocycles. The maximum Gasteiger partial charge on any atom is 0.229 e. The Morgan fingerprint density at radius 2 is 1.84 bits per heavy atom. The summed E-state index contributed by atoms with van der Waals surface area (Å²) in [6, 6.07) is 13.7. The van der Waals surface area contributed by atoms with E-state index < -0.39 is 0 Å². The third-order valence-corrected chi connectivity index (χ3v) is 3.87. The number of benzene rings is 1. The molecule has 0 spiro atoms. The first kappa shape index (κ1) is 16.7. The van der Waals surface area contributed by atoms with Gasteiger partial charge in [-0.15, -0.1) is 0 Å². The highest BCUT2D eigenvalue weighted by Gasteiger charge is 2.07. The van der Waals surface area contributed by atoms with Crippen LogP contribution in [0.5, 0.6) is 5.75 Å². The molecule has 6 nitrogen and oxygen atoms in total. The number of likely N-dealkylation sites (N-methyl/N-ethyl adjacent to an activating group) is 1. The number of para-hydroxylation sites is 2. The van der Waals surface area contributed by atoms with E-state index >= 15 is 0 Å². The first-order valence-electron chi connectivity index (χ1n) is 8.09. The van der Waals surface area contributed by atoms with Gasteiger partial charge < -0.3 is 15.0 Å². The molecular formula is C19H21N5O. The third kappa shape index (κ3) is 4.44. The number of hydrogen-bond donors (Lipinski definition) is 1.